The third-order valence-electron chi connectivity index (χ3n) is 6.42. The van der Waals surface area contributed by atoms with Crippen LogP contribution < -0.4 is 15.6 Å². The fourth-order valence-electron chi connectivity index (χ4n) is 4.74. The second kappa shape index (κ2) is 9.87. The molecule has 33 heavy (non-hydrogen) atoms. The number of fused-ring (bicyclic) bond motifs is 2. The van der Waals surface area contributed by atoms with Gasteiger partial charge in [-0.1, -0.05) is 32.0 Å². The van der Waals surface area contributed by atoms with Gasteiger partial charge in [-0.3, -0.25) is 4.79 Å². The van der Waals surface area contributed by atoms with E-state index >= 15 is 0 Å². The molecular weight excluding hydrogens is 420 g/mol. The smallest absolute Gasteiger partial charge is 0.337 e. The fraction of sp³-hybridized carbons (Fsp3) is 0.385. The van der Waals surface area contributed by atoms with E-state index in [9.17, 15) is 14.7 Å². The van der Waals surface area contributed by atoms with Crippen molar-refractivity contribution in [3.63, 3.8) is 0 Å². The first kappa shape index (κ1) is 23.2. The molecule has 2 aromatic carbocycles. The van der Waals surface area contributed by atoms with Crippen LogP contribution in [0.5, 0.6) is 5.75 Å². The highest BCUT2D eigenvalue weighted by atomic mass is 16.5. The standard InChI is InChI=1S/C26H30N2O5/c1-3-15-9-17-11-19(12-18(17)10-16(15)4-2)27-13-22(30)20-5-7-23(33-25(32)14-29)26-21(20)6-8-24(31)28-26/h5-10,19,22,27,29-30H,3-4,11-14H2,1-2H3,(H,28,31)/t22-/m0/s1. The number of H-pyrrole nitrogens is 1. The molecule has 0 amide bonds. The van der Waals surface area contributed by atoms with Crippen LogP contribution in [-0.4, -0.2) is 40.4 Å². The maximum absolute atomic E-state index is 11.9. The number of esters is 1. The Bertz CT molecular complexity index is 1200. The highest BCUT2D eigenvalue weighted by molar-refractivity contribution is 5.90. The summed E-state index contributed by atoms with van der Waals surface area (Å²) >= 11 is 0. The molecule has 4 rings (SSSR count). The van der Waals surface area contributed by atoms with E-state index in [-0.39, 0.29) is 17.4 Å². The molecule has 1 aliphatic carbocycles. The number of aryl methyl sites for hydroxylation is 2. The van der Waals surface area contributed by atoms with Crippen molar-refractivity contribution in [2.75, 3.05) is 13.2 Å². The van der Waals surface area contributed by atoms with E-state index < -0.39 is 18.7 Å². The van der Waals surface area contributed by atoms with Gasteiger partial charge in [-0.2, -0.15) is 0 Å². The van der Waals surface area contributed by atoms with Gasteiger partial charge in [0.05, 0.1) is 11.6 Å². The van der Waals surface area contributed by atoms with Gasteiger partial charge in [-0.15, -0.1) is 0 Å². The van der Waals surface area contributed by atoms with Crippen molar-refractivity contribution in [2.45, 2.75) is 51.7 Å². The van der Waals surface area contributed by atoms with Crippen LogP contribution in [0.1, 0.15) is 47.8 Å². The second-order valence-corrected chi connectivity index (χ2v) is 8.52. The number of aromatic amines is 1. The quantitative estimate of drug-likeness (QED) is 0.310. The topological polar surface area (TPSA) is 112 Å². The fourth-order valence-corrected chi connectivity index (χ4v) is 4.74. The number of nitrogens with one attached hydrogen (secondary N) is 2. The molecule has 3 aromatic rings. The number of hydrogen-bond acceptors (Lipinski definition) is 6. The predicted octanol–water partition coefficient (Wildman–Crippen LogP) is 2.34. The Balaban J connectivity index is 1.50. The van der Waals surface area contributed by atoms with Crippen LogP contribution in [0.2, 0.25) is 0 Å². The zero-order valence-corrected chi connectivity index (χ0v) is 19.0. The van der Waals surface area contributed by atoms with Crippen molar-refractivity contribution in [3.8, 4) is 5.75 Å². The molecule has 7 nitrogen and oxygen atoms in total. The van der Waals surface area contributed by atoms with Gasteiger partial charge in [-0.05, 0) is 65.6 Å². The first-order valence-corrected chi connectivity index (χ1v) is 11.5. The number of benzene rings is 2. The second-order valence-electron chi connectivity index (χ2n) is 8.52. The van der Waals surface area contributed by atoms with Gasteiger partial charge in [0.25, 0.3) is 0 Å². The van der Waals surface area contributed by atoms with E-state index in [0.717, 1.165) is 25.7 Å². The van der Waals surface area contributed by atoms with Crippen molar-refractivity contribution in [2.24, 2.45) is 0 Å². The number of aromatic nitrogens is 1. The highest BCUT2D eigenvalue weighted by Crippen LogP contribution is 2.31. The summed E-state index contributed by atoms with van der Waals surface area (Å²) in [5, 5.41) is 24.0. The lowest BCUT2D eigenvalue weighted by atomic mass is 9.97. The largest absolute Gasteiger partial charge is 0.423 e. The van der Waals surface area contributed by atoms with Crippen molar-refractivity contribution in [1.82, 2.24) is 10.3 Å². The SMILES string of the molecule is CCc1cc2c(cc1CC)CC(NC[C@H](O)c1ccc(OC(=O)CO)c3[nH]c(=O)ccc13)C2. The van der Waals surface area contributed by atoms with Gasteiger partial charge < -0.3 is 25.3 Å². The molecule has 1 aromatic heterocycles. The van der Waals surface area contributed by atoms with Crippen LogP contribution in [0.3, 0.4) is 0 Å². The van der Waals surface area contributed by atoms with E-state index in [0.29, 0.717) is 23.0 Å². The Kier molecular flexibility index (Phi) is 6.93. The summed E-state index contributed by atoms with van der Waals surface area (Å²) in [6.45, 7) is 3.96. The third-order valence-corrected chi connectivity index (χ3v) is 6.42. The Morgan fingerprint density at radius 1 is 1.12 bits per heavy atom. The number of pyridine rings is 1. The van der Waals surface area contributed by atoms with Crippen LogP contribution in [0.25, 0.3) is 10.9 Å². The molecule has 7 heteroatoms. The summed E-state index contributed by atoms with van der Waals surface area (Å²) in [6, 6.07) is 11.1. The van der Waals surface area contributed by atoms with Crippen molar-refractivity contribution in [3.05, 3.63) is 74.6 Å². The maximum atomic E-state index is 11.9. The van der Waals surface area contributed by atoms with Crippen LogP contribution in [-0.2, 0) is 30.5 Å². The Morgan fingerprint density at radius 2 is 1.79 bits per heavy atom. The number of carbonyl (C=O) groups is 1. The van der Waals surface area contributed by atoms with E-state index in [1.54, 1.807) is 12.1 Å². The molecular formula is C26H30N2O5. The number of rotatable bonds is 8. The molecule has 0 saturated carbocycles. The number of ether oxygens (including phenoxy) is 1. The summed E-state index contributed by atoms with van der Waals surface area (Å²) in [6.07, 6.45) is 3.12. The van der Waals surface area contributed by atoms with Crippen LogP contribution in [0.4, 0.5) is 0 Å². The predicted molar refractivity (Wildman–Crippen MR) is 127 cm³/mol. The molecule has 4 N–H and O–H groups in total. The number of aliphatic hydroxyl groups is 2. The molecule has 0 fully saturated rings. The monoisotopic (exact) mass is 450 g/mol. The molecule has 0 bridgehead atoms. The van der Waals surface area contributed by atoms with Crippen LogP contribution in [0.15, 0.2) is 41.2 Å². The van der Waals surface area contributed by atoms with E-state index in [4.69, 9.17) is 9.84 Å². The highest BCUT2D eigenvalue weighted by Gasteiger charge is 2.24. The summed E-state index contributed by atoms with van der Waals surface area (Å²) < 4.78 is 5.12. The lowest BCUT2D eigenvalue weighted by Gasteiger charge is -2.19. The Morgan fingerprint density at radius 3 is 2.39 bits per heavy atom. The molecule has 0 radical (unpaired) electrons. The molecule has 174 valence electrons. The van der Waals surface area contributed by atoms with Gasteiger partial charge in [0, 0.05) is 24.0 Å². The lowest BCUT2D eigenvalue weighted by Crippen LogP contribution is -2.33. The Labute approximate surface area is 192 Å². The normalized spacial score (nSPS) is 14.4. The lowest BCUT2D eigenvalue weighted by molar-refractivity contribution is -0.137. The molecule has 1 aliphatic rings. The number of carbonyl (C=O) groups excluding carboxylic acids is 1. The maximum Gasteiger partial charge on any atom is 0.337 e. The van der Waals surface area contributed by atoms with Crippen molar-refractivity contribution < 1.29 is 19.7 Å². The molecule has 0 aliphatic heterocycles. The molecule has 0 spiro atoms. The van der Waals surface area contributed by atoms with Gasteiger partial charge in [-0.25, -0.2) is 4.79 Å². The van der Waals surface area contributed by atoms with Crippen LogP contribution >= 0.6 is 0 Å². The molecule has 0 unspecified atom stereocenters. The first-order valence-electron chi connectivity index (χ1n) is 11.5. The van der Waals surface area contributed by atoms with Crippen molar-refractivity contribution in [1.29, 1.82) is 0 Å². The average Bonchev–Trinajstić information content (AvgIpc) is 3.23. The van der Waals surface area contributed by atoms with Gasteiger partial charge >= 0.3 is 5.97 Å². The van der Waals surface area contributed by atoms with E-state index in [1.165, 1.54) is 34.4 Å². The average molecular weight is 451 g/mol. The van der Waals surface area contributed by atoms with Gasteiger partial charge in [0.2, 0.25) is 5.56 Å². The van der Waals surface area contributed by atoms with Crippen LogP contribution in [0, 0.1) is 0 Å². The first-order chi connectivity index (χ1) is 15.9. The minimum Gasteiger partial charge on any atom is -0.423 e. The Hall–Kier alpha value is -3.00. The minimum atomic E-state index is -0.825. The molecule has 0 saturated heterocycles. The molecule has 1 heterocycles. The third kappa shape index (κ3) is 4.85. The number of hydrogen-bond donors (Lipinski definition) is 4. The summed E-state index contributed by atoms with van der Waals surface area (Å²) in [5.74, 6) is -0.690. The van der Waals surface area contributed by atoms with E-state index in [1.807, 2.05) is 0 Å². The zero-order chi connectivity index (χ0) is 23.5. The summed E-state index contributed by atoms with van der Waals surface area (Å²) in [4.78, 5) is 26.0. The van der Waals surface area contributed by atoms with Gasteiger partial charge in [0.15, 0.2) is 5.75 Å². The summed E-state index contributed by atoms with van der Waals surface area (Å²) in [7, 11) is 0. The van der Waals surface area contributed by atoms with Crippen molar-refractivity contribution >= 4 is 16.9 Å². The minimum absolute atomic E-state index is 0.135. The number of aliphatic hydroxyl groups excluding tert-OH is 2. The molecule has 1 atom stereocenters. The van der Waals surface area contributed by atoms with E-state index in [2.05, 4.69) is 36.3 Å². The van der Waals surface area contributed by atoms with Gasteiger partial charge in [0.1, 0.15) is 6.61 Å². The zero-order valence-electron chi connectivity index (χ0n) is 19.0. The summed E-state index contributed by atoms with van der Waals surface area (Å²) in [5.41, 5.74) is 6.18.